The average molecular weight is 437 g/mol. The molecule has 0 fully saturated rings. The molecule has 0 bridgehead atoms. The fraction of sp³-hybridized carbons (Fsp3) is 0.167. The Balaban J connectivity index is 1.59. The third-order valence-corrected chi connectivity index (χ3v) is 5.37. The number of carbonyl (C=O) groups excluding carboxylic acids is 2. The van der Waals surface area contributed by atoms with Crippen molar-refractivity contribution in [2.45, 2.75) is 12.5 Å². The number of benzene rings is 3. The fourth-order valence-electron chi connectivity index (χ4n) is 3.73. The summed E-state index contributed by atoms with van der Waals surface area (Å²) < 4.78 is 5.40. The van der Waals surface area contributed by atoms with Crippen molar-refractivity contribution in [3.05, 3.63) is 88.9 Å². The van der Waals surface area contributed by atoms with Gasteiger partial charge in [-0.25, -0.2) is 0 Å². The predicted molar refractivity (Wildman–Crippen MR) is 119 cm³/mol. The summed E-state index contributed by atoms with van der Waals surface area (Å²) in [5.41, 5.74) is -0.0840. The van der Waals surface area contributed by atoms with E-state index < -0.39 is 11.5 Å². The van der Waals surface area contributed by atoms with Crippen molar-refractivity contribution < 1.29 is 19.4 Å². The number of fused-ring (bicyclic) bond motifs is 1. The van der Waals surface area contributed by atoms with E-state index in [1.807, 2.05) is 6.92 Å². The highest BCUT2D eigenvalue weighted by molar-refractivity contribution is 6.30. The molecule has 1 heterocycles. The maximum atomic E-state index is 13.3. The molecule has 0 aromatic heterocycles. The van der Waals surface area contributed by atoms with Crippen LogP contribution in [0.25, 0.3) is 0 Å². The summed E-state index contributed by atoms with van der Waals surface area (Å²) in [6.07, 6.45) is 0. The number of ether oxygens (including phenoxy) is 1. The van der Waals surface area contributed by atoms with Crippen LogP contribution in [0.3, 0.4) is 0 Å². The van der Waals surface area contributed by atoms with Gasteiger partial charge in [-0.1, -0.05) is 41.9 Å². The third-order valence-electron chi connectivity index (χ3n) is 5.13. The number of halogens is 1. The Morgan fingerprint density at radius 1 is 1.10 bits per heavy atom. The molecule has 3 aromatic carbocycles. The smallest absolute Gasteiger partial charge is 0.268 e. The number of hydrogen-bond donors (Lipinski definition) is 2. The van der Waals surface area contributed by atoms with Gasteiger partial charge in [0.15, 0.2) is 5.60 Å². The number of aliphatic hydroxyl groups is 1. The Bertz CT molecular complexity index is 1130. The van der Waals surface area contributed by atoms with Gasteiger partial charge in [-0.15, -0.1) is 0 Å². The number of para-hydroxylation sites is 1. The topological polar surface area (TPSA) is 78.9 Å². The van der Waals surface area contributed by atoms with Crippen molar-refractivity contribution in [2.24, 2.45) is 0 Å². The van der Waals surface area contributed by atoms with Crippen molar-refractivity contribution in [3.63, 3.8) is 0 Å². The molecule has 1 aliphatic heterocycles. The van der Waals surface area contributed by atoms with Gasteiger partial charge in [0.05, 0.1) is 12.3 Å². The number of nitrogens with zero attached hydrogens (tertiary/aromatic N) is 1. The Morgan fingerprint density at radius 3 is 2.55 bits per heavy atom. The SMILES string of the molecule is CCOc1ccc(NC(=O)CN2C(=O)C(O)(c3cccc(Cl)c3)c3ccccc32)cc1. The molecular formula is C24H21ClN2O4. The van der Waals surface area contributed by atoms with Gasteiger partial charge >= 0.3 is 0 Å². The zero-order valence-corrected chi connectivity index (χ0v) is 17.6. The minimum absolute atomic E-state index is 0.244. The number of rotatable bonds is 6. The lowest BCUT2D eigenvalue weighted by molar-refractivity contribution is -0.133. The molecule has 158 valence electrons. The number of amides is 2. The highest BCUT2D eigenvalue weighted by Gasteiger charge is 2.51. The largest absolute Gasteiger partial charge is 0.494 e. The van der Waals surface area contributed by atoms with E-state index in [1.54, 1.807) is 72.8 Å². The number of nitrogens with one attached hydrogen (secondary N) is 1. The van der Waals surface area contributed by atoms with Crippen LogP contribution in [-0.2, 0) is 15.2 Å². The zero-order chi connectivity index (χ0) is 22.0. The first-order chi connectivity index (χ1) is 14.9. The number of hydrogen-bond acceptors (Lipinski definition) is 4. The molecule has 6 nitrogen and oxygen atoms in total. The van der Waals surface area contributed by atoms with Crippen LogP contribution in [0.4, 0.5) is 11.4 Å². The van der Waals surface area contributed by atoms with Crippen molar-refractivity contribution in [1.82, 2.24) is 0 Å². The fourth-order valence-corrected chi connectivity index (χ4v) is 3.92. The van der Waals surface area contributed by atoms with E-state index >= 15 is 0 Å². The second-order valence-electron chi connectivity index (χ2n) is 7.13. The molecule has 1 atom stereocenters. The molecule has 1 unspecified atom stereocenters. The average Bonchev–Trinajstić information content (AvgIpc) is 2.98. The molecule has 2 N–H and O–H groups in total. The summed E-state index contributed by atoms with van der Waals surface area (Å²) in [6.45, 7) is 2.20. The molecule has 0 radical (unpaired) electrons. The van der Waals surface area contributed by atoms with Crippen molar-refractivity contribution in [3.8, 4) is 5.75 Å². The van der Waals surface area contributed by atoms with E-state index in [-0.39, 0.29) is 12.5 Å². The van der Waals surface area contributed by atoms with Crippen molar-refractivity contribution >= 4 is 34.8 Å². The maximum Gasteiger partial charge on any atom is 0.268 e. The lowest BCUT2D eigenvalue weighted by Gasteiger charge is -2.23. The van der Waals surface area contributed by atoms with Crippen LogP contribution in [0.5, 0.6) is 5.75 Å². The predicted octanol–water partition coefficient (Wildman–Crippen LogP) is 3.96. The highest BCUT2D eigenvalue weighted by atomic mass is 35.5. The van der Waals surface area contributed by atoms with Gasteiger partial charge in [0.2, 0.25) is 5.91 Å². The Morgan fingerprint density at radius 2 is 1.84 bits per heavy atom. The third kappa shape index (κ3) is 3.87. The summed E-state index contributed by atoms with van der Waals surface area (Å²) in [4.78, 5) is 27.3. The first kappa shape index (κ1) is 20.9. The molecule has 0 saturated carbocycles. The van der Waals surface area contributed by atoms with Gasteiger partial charge < -0.3 is 15.2 Å². The van der Waals surface area contributed by atoms with Crippen LogP contribution in [0.1, 0.15) is 18.1 Å². The molecule has 0 aliphatic carbocycles. The summed E-state index contributed by atoms with van der Waals surface area (Å²) in [5.74, 6) is -0.281. The van der Waals surface area contributed by atoms with E-state index in [0.717, 1.165) is 0 Å². The molecule has 31 heavy (non-hydrogen) atoms. The zero-order valence-electron chi connectivity index (χ0n) is 16.8. The van der Waals surface area contributed by atoms with Gasteiger partial charge in [-0.2, -0.15) is 0 Å². The van der Waals surface area contributed by atoms with E-state index in [9.17, 15) is 14.7 Å². The normalized spacial score (nSPS) is 17.4. The summed E-state index contributed by atoms with van der Waals surface area (Å²) >= 11 is 6.09. The molecular weight excluding hydrogens is 416 g/mol. The van der Waals surface area contributed by atoms with E-state index in [1.165, 1.54) is 4.90 Å². The first-order valence-electron chi connectivity index (χ1n) is 9.86. The van der Waals surface area contributed by atoms with E-state index in [0.29, 0.717) is 39.9 Å². The molecule has 2 amide bonds. The minimum Gasteiger partial charge on any atom is -0.494 e. The Kier molecular flexibility index (Phi) is 5.67. The summed E-state index contributed by atoms with van der Waals surface area (Å²) in [5, 5.41) is 14.6. The van der Waals surface area contributed by atoms with Crippen molar-refractivity contribution in [1.29, 1.82) is 0 Å². The van der Waals surface area contributed by atoms with Gasteiger partial charge in [-0.3, -0.25) is 14.5 Å². The standard InChI is InChI=1S/C24H21ClN2O4/c1-2-31-19-12-10-18(11-13-19)26-22(28)15-27-21-9-4-3-8-20(21)24(30,23(27)29)16-6-5-7-17(25)14-16/h3-14,30H,2,15H2,1H3,(H,26,28). The van der Waals surface area contributed by atoms with Gasteiger partial charge in [0.25, 0.3) is 5.91 Å². The van der Waals surface area contributed by atoms with E-state index in [4.69, 9.17) is 16.3 Å². The summed E-state index contributed by atoms with van der Waals surface area (Å²) in [6, 6.07) is 20.4. The molecule has 0 spiro atoms. The van der Waals surface area contributed by atoms with E-state index in [2.05, 4.69) is 5.32 Å². The van der Waals surface area contributed by atoms with Crippen LogP contribution >= 0.6 is 11.6 Å². The lowest BCUT2D eigenvalue weighted by Crippen LogP contribution is -2.44. The Hall–Kier alpha value is -3.35. The van der Waals surface area contributed by atoms with Crippen molar-refractivity contribution in [2.75, 3.05) is 23.4 Å². The first-order valence-corrected chi connectivity index (χ1v) is 10.2. The molecule has 1 aliphatic rings. The van der Waals surface area contributed by atoms with Gasteiger partial charge in [-0.05, 0) is 55.0 Å². The second kappa shape index (κ2) is 8.41. The van der Waals surface area contributed by atoms with Crippen LogP contribution in [0.2, 0.25) is 5.02 Å². The quantitative estimate of drug-likeness (QED) is 0.613. The highest BCUT2D eigenvalue weighted by Crippen LogP contribution is 2.44. The second-order valence-corrected chi connectivity index (χ2v) is 7.57. The monoisotopic (exact) mass is 436 g/mol. The Labute approximate surface area is 185 Å². The number of anilines is 2. The lowest BCUT2D eigenvalue weighted by atomic mass is 9.87. The van der Waals surface area contributed by atoms with Crippen LogP contribution in [0.15, 0.2) is 72.8 Å². The molecule has 4 rings (SSSR count). The van der Waals surface area contributed by atoms with Crippen LogP contribution < -0.4 is 15.0 Å². The maximum absolute atomic E-state index is 13.3. The van der Waals surface area contributed by atoms with Crippen LogP contribution in [0, 0.1) is 0 Å². The van der Waals surface area contributed by atoms with Gasteiger partial charge in [0, 0.05) is 16.3 Å². The number of carbonyl (C=O) groups is 2. The molecule has 3 aromatic rings. The molecule has 0 saturated heterocycles. The molecule has 7 heteroatoms. The van der Waals surface area contributed by atoms with Crippen LogP contribution in [-0.4, -0.2) is 30.1 Å². The van der Waals surface area contributed by atoms with Gasteiger partial charge in [0.1, 0.15) is 12.3 Å². The minimum atomic E-state index is -1.92. The summed E-state index contributed by atoms with van der Waals surface area (Å²) in [7, 11) is 0.